The molecule has 2 aliphatic heterocycles. The molecule has 0 aromatic carbocycles. The van der Waals surface area contributed by atoms with Gasteiger partial charge in [0, 0.05) is 8.07 Å². The third-order valence-corrected chi connectivity index (χ3v) is 8.21. The lowest BCUT2D eigenvalue weighted by atomic mass is 9.35. The molecule has 2 aliphatic rings. The average Bonchev–Trinajstić information content (AvgIpc) is 2.44. The minimum absolute atomic E-state index is 0.981. The number of allylic oxidation sites excluding steroid dienone is 1. The molecule has 2 heteroatoms. The molecule has 96 valence electrons. The van der Waals surface area contributed by atoms with Crippen molar-refractivity contribution in [3.8, 4) is 0 Å². The largest absolute Gasteiger partial charge is 0.147 e. The van der Waals surface area contributed by atoms with Gasteiger partial charge in [-0.3, -0.25) is 0 Å². The van der Waals surface area contributed by atoms with Crippen LogP contribution >= 0.6 is 0 Å². The molecule has 1 atom stereocenters. The van der Waals surface area contributed by atoms with Crippen LogP contribution in [-0.2, 0) is 0 Å². The van der Waals surface area contributed by atoms with E-state index in [9.17, 15) is 0 Å². The van der Waals surface area contributed by atoms with E-state index in [1.807, 2.05) is 0 Å². The summed E-state index contributed by atoms with van der Waals surface area (Å²) < 4.78 is 0. The summed E-state index contributed by atoms with van der Waals surface area (Å²) in [5, 5.41) is 0. The highest BCUT2D eigenvalue weighted by Crippen LogP contribution is 2.51. The molecule has 0 aromatic rings. The standard InChI is InChI=1S/C15H29BSi/c1-5-12-16-14-10-6-8-13(9-7-11-14)15(16)17(2,3)4/h5,13-15H,1,6-12H2,2-4H3/t13?,14?,15-/m1/s1. The topological polar surface area (TPSA) is 0 Å². The molecular weight excluding hydrogens is 219 g/mol. The summed E-state index contributed by atoms with van der Waals surface area (Å²) in [5.74, 6) is 2.08. The van der Waals surface area contributed by atoms with Gasteiger partial charge in [0.15, 0.2) is 0 Å². The number of hydrogen-bond donors (Lipinski definition) is 0. The van der Waals surface area contributed by atoms with Crippen LogP contribution in [-0.4, -0.2) is 14.8 Å². The van der Waals surface area contributed by atoms with Gasteiger partial charge in [-0.15, -0.1) is 6.58 Å². The summed E-state index contributed by atoms with van der Waals surface area (Å²) in [6.07, 6.45) is 12.6. The Balaban J connectivity index is 2.31. The number of rotatable bonds is 3. The smallest absolute Gasteiger partial charge is 0.104 e. The molecule has 2 rings (SSSR count). The molecule has 0 N–H and O–H groups in total. The van der Waals surface area contributed by atoms with Gasteiger partial charge in [0.25, 0.3) is 0 Å². The molecule has 0 unspecified atom stereocenters. The first-order chi connectivity index (χ1) is 8.04. The maximum absolute atomic E-state index is 4.03. The van der Waals surface area contributed by atoms with E-state index >= 15 is 0 Å². The molecule has 0 radical (unpaired) electrons. The lowest BCUT2D eigenvalue weighted by Gasteiger charge is -2.39. The van der Waals surface area contributed by atoms with Crippen molar-refractivity contribution in [1.29, 1.82) is 0 Å². The molecule has 0 spiro atoms. The molecule has 0 aromatic heterocycles. The average molecular weight is 248 g/mol. The Morgan fingerprint density at radius 2 is 1.71 bits per heavy atom. The molecule has 17 heavy (non-hydrogen) atoms. The zero-order chi connectivity index (χ0) is 12.5. The van der Waals surface area contributed by atoms with E-state index in [0.29, 0.717) is 0 Å². The summed E-state index contributed by atoms with van der Waals surface area (Å²) in [6.45, 7) is 12.8. The van der Waals surface area contributed by atoms with Crippen molar-refractivity contribution in [1.82, 2.24) is 0 Å². The van der Waals surface area contributed by atoms with Gasteiger partial charge in [0.05, 0.1) is 0 Å². The van der Waals surface area contributed by atoms with Crippen LogP contribution in [0.1, 0.15) is 38.5 Å². The highest BCUT2D eigenvalue weighted by Gasteiger charge is 2.46. The first-order valence-electron chi connectivity index (χ1n) is 7.65. The maximum atomic E-state index is 4.03. The van der Waals surface area contributed by atoms with E-state index in [1.165, 1.54) is 44.8 Å². The van der Waals surface area contributed by atoms with Gasteiger partial charge in [0.1, 0.15) is 6.71 Å². The highest BCUT2D eigenvalue weighted by molar-refractivity contribution is 6.90. The number of fused-ring (bicyclic) bond motifs is 3. The van der Waals surface area contributed by atoms with Crippen LogP contribution in [0.4, 0.5) is 0 Å². The zero-order valence-corrected chi connectivity index (χ0v) is 13.0. The molecule has 0 saturated carbocycles. The van der Waals surface area contributed by atoms with Crippen LogP contribution in [0.25, 0.3) is 0 Å². The number of hydrogen-bond acceptors (Lipinski definition) is 0. The van der Waals surface area contributed by atoms with Crippen molar-refractivity contribution in [2.75, 3.05) is 0 Å². The summed E-state index contributed by atoms with van der Waals surface area (Å²) in [7, 11) is -1.02. The van der Waals surface area contributed by atoms with Gasteiger partial charge >= 0.3 is 0 Å². The Morgan fingerprint density at radius 3 is 2.18 bits per heavy atom. The molecule has 0 aliphatic carbocycles. The Kier molecular flexibility index (Phi) is 4.23. The zero-order valence-electron chi connectivity index (χ0n) is 12.0. The van der Waals surface area contributed by atoms with Crippen molar-refractivity contribution < 1.29 is 0 Å². The summed E-state index contributed by atoms with van der Waals surface area (Å²) in [4.78, 5) is 0. The third-order valence-electron chi connectivity index (χ3n) is 5.31. The molecule has 0 nitrogen and oxygen atoms in total. The lowest BCUT2D eigenvalue weighted by molar-refractivity contribution is 0.411. The van der Waals surface area contributed by atoms with Crippen LogP contribution in [0.5, 0.6) is 0 Å². The SMILES string of the molecule is C=CCB1C2CCCC(CCC2)[C@H]1[Si](C)(C)C. The quantitative estimate of drug-likeness (QED) is 0.471. The van der Waals surface area contributed by atoms with Gasteiger partial charge in [-0.05, 0) is 5.92 Å². The Hall–Kier alpha value is 0.0218. The first kappa shape index (κ1) is 13.5. The van der Waals surface area contributed by atoms with E-state index in [4.69, 9.17) is 0 Å². The molecule has 0 amide bonds. The van der Waals surface area contributed by atoms with Crippen molar-refractivity contribution >= 4 is 14.8 Å². The monoisotopic (exact) mass is 248 g/mol. The van der Waals surface area contributed by atoms with E-state index in [1.54, 1.807) is 0 Å². The van der Waals surface area contributed by atoms with Crippen LogP contribution in [0, 0.1) is 5.92 Å². The fraction of sp³-hybridized carbons (Fsp3) is 0.867. The second-order valence-electron chi connectivity index (χ2n) is 7.46. The minimum atomic E-state index is -1.02. The maximum Gasteiger partial charge on any atom is 0.147 e. The van der Waals surface area contributed by atoms with E-state index in [0.717, 1.165) is 23.9 Å². The highest BCUT2D eigenvalue weighted by atomic mass is 28.3. The van der Waals surface area contributed by atoms with E-state index in [-0.39, 0.29) is 0 Å². The molecule has 2 bridgehead atoms. The molecular formula is C15H29BSi. The Bertz CT molecular complexity index is 259. The fourth-order valence-electron chi connectivity index (χ4n) is 4.88. The van der Waals surface area contributed by atoms with Crippen molar-refractivity contribution in [2.45, 2.75) is 75.7 Å². The lowest BCUT2D eigenvalue weighted by Crippen LogP contribution is -2.43. The third kappa shape index (κ3) is 2.89. The van der Waals surface area contributed by atoms with Crippen LogP contribution in [0.15, 0.2) is 12.7 Å². The van der Waals surface area contributed by atoms with Crippen LogP contribution in [0.3, 0.4) is 0 Å². The van der Waals surface area contributed by atoms with Gasteiger partial charge in [-0.1, -0.05) is 81.8 Å². The van der Waals surface area contributed by atoms with Crippen molar-refractivity contribution in [3.05, 3.63) is 12.7 Å². The molecule has 2 heterocycles. The summed E-state index contributed by atoms with van der Waals surface area (Å²) in [5.41, 5.74) is 1.07. The van der Waals surface area contributed by atoms with E-state index < -0.39 is 8.07 Å². The molecule has 2 fully saturated rings. The van der Waals surface area contributed by atoms with Gasteiger partial charge in [-0.25, -0.2) is 0 Å². The van der Waals surface area contributed by atoms with Gasteiger partial charge in [-0.2, -0.15) is 0 Å². The predicted molar refractivity (Wildman–Crippen MR) is 82.8 cm³/mol. The van der Waals surface area contributed by atoms with Crippen molar-refractivity contribution in [2.24, 2.45) is 5.92 Å². The fourth-order valence-corrected chi connectivity index (χ4v) is 8.32. The Labute approximate surface area is 109 Å². The molecule has 2 saturated heterocycles. The minimum Gasteiger partial charge on any atom is -0.104 e. The van der Waals surface area contributed by atoms with Gasteiger partial charge in [0.2, 0.25) is 0 Å². The van der Waals surface area contributed by atoms with Crippen LogP contribution < -0.4 is 0 Å². The first-order valence-corrected chi connectivity index (χ1v) is 11.2. The van der Waals surface area contributed by atoms with Crippen LogP contribution in [0.2, 0.25) is 37.2 Å². The van der Waals surface area contributed by atoms with Crippen molar-refractivity contribution in [3.63, 3.8) is 0 Å². The van der Waals surface area contributed by atoms with E-state index in [2.05, 4.69) is 32.3 Å². The van der Waals surface area contributed by atoms with Gasteiger partial charge < -0.3 is 0 Å². The second-order valence-corrected chi connectivity index (χ2v) is 12.9. The summed E-state index contributed by atoms with van der Waals surface area (Å²) >= 11 is 0. The summed E-state index contributed by atoms with van der Waals surface area (Å²) in [6, 6.07) is 0. The predicted octanol–water partition coefficient (Wildman–Crippen LogP) is 5.27. The normalized spacial score (nSPS) is 34.3. The second kappa shape index (κ2) is 5.34. The Morgan fingerprint density at radius 1 is 1.12 bits per heavy atom.